The van der Waals surface area contributed by atoms with Gasteiger partial charge in [-0.3, -0.25) is 0 Å². The van der Waals surface area contributed by atoms with Crippen molar-refractivity contribution in [3.63, 3.8) is 0 Å². The van der Waals surface area contributed by atoms with Crippen molar-refractivity contribution in [1.29, 1.82) is 10.5 Å². The van der Waals surface area contributed by atoms with Crippen LogP contribution in [-0.4, -0.2) is 0 Å². The second-order valence-electron chi connectivity index (χ2n) is 3.91. The summed E-state index contributed by atoms with van der Waals surface area (Å²) in [6.45, 7) is 0. The van der Waals surface area contributed by atoms with Gasteiger partial charge in [0, 0.05) is 0 Å². The molecule has 0 saturated carbocycles. The summed E-state index contributed by atoms with van der Waals surface area (Å²) in [6.07, 6.45) is 1.68. The molecule has 0 saturated heterocycles. The summed E-state index contributed by atoms with van der Waals surface area (Å²) in [5, 5.41) is 17.9. The van der Waals surface area contributed by atoms with Crippen LogP contribution in [-0.2, 0) is 0 Å². The lowest BCUT2D eigenvalue weighted by atomic mass is 10.0. The van der Waals surface area contributed by atoms with E-state index in [1.165, 1.54) is 12.1 Å². The molecular formula is C16H9FN2. The van der Waals surface area contributed by atoms with E-state index in [1.807, 2.05) is 6.07 Å². The highest BCUT2D eigenvalue weighted by molar-refractivity contribution is 5.89. The SMILES string of the molecule is N#C/C(=C/c1ccc(F)cc1)c1ccc(C#N)cc1. The average molecular weight is 248 g/mol. The Morgan fingerprint density at radius 1 is 0.947 bits per heavy atom. The standard InChI is InChI=1S/C16H9FN2/c17-16-7-3-12(4-8-16)9-15(11-19)14-5-1-13(10-18)2-6-14/h1-9H/b15-9-. The Balaban J connectivity index is 2.36. The smallest absolute Gasteiger partial charge is 0.123 e. The van der Waals surface area contributed by atoms with Crippen LogP contribution in [0.1, 0.15) is 16.7 Å². The number of hydrogen-bond acceptors (Lipinski definition) is 2. The fourth-order valence-electron chi connectivity index (χ4n) is 1.63. The molecule has 3 heteroatoms. The molecule has 0 aliphatic heterocycles. The minimum Gasteiger partial charge on any atom is -0.207 e. The summed E-state index contributed by atoms with van der Waals surface area (Å²) in [6, 6.07) is 16.8. The van der Waals surface area contributed by atoms with E-state index in [2.05, 4.69) is 6.07 Å². The highest BCUT2D eigenvalue weighted by Crippen LogP contribution is 2.18. The van der Waals surface area contributed by atoms with Crippen LogP contribution >= 0.6 is 0 Å². The van der Waals surface area contributed by atoms with Gasteiger partial charge in [0.15, 0.2) is 0 Å². The van der Waals surface area contributed by atoms with Crippen LogP contribution in [0.2, 0.25) is 0 Å². The van der Waals surface area contributed by atoms with Gasteiger partial charge in [0.25, 0.3) is 0 Å². The molecule has 0 aliphatic carbocycles. The molecular weight excluding hydrogens is 239 g/mol. The largest absolute Gasteiger partial charge is 0.207 e. The van der Waals surface area contributed by atoms with Crippen LogP contribution in [0.15, 0.2) is 48.5 Å². The summed E-state index contributed by atoms with van der Waals surface area (Å²) in [7, 11) is 0. The lowest BCUT2D eigenvalue weighted by Crippen LogP contribution is -1.83. The monoisotopic (exact) mass is 248 g/mol. The maximum absolute atomic E-state index is 12.8. The molecule has 0 radical (unpaired) electrons. The number of nitrogens with zero attached hydrogens (tertiary/aromatic N) is 2. The number of allylic oxidation sites excluding steroid dienone is 1. The van der Waals surface area contributed by atoms with Gasteiger partial charge in [0.1, 0.15) is 5.82 Å². The predicted octanol–water partition coefficient (Wildman–Crippen LogP) is 3.76. The second kappa shape index (κ2) is 5.62. The van der Waals surface area contributed by atoms with Gasteiger partial charge in [0.2, 0.25) is 0 Å². The first-order valence-corrected chi connectivity index (χ1v) is 5.61. The van der Waals surface area contributed by atoms with Crippen molar-refractivity contribution in [2.75, 3.05) is 0 Å². The molecule has 90 valence electrons. The molecule has 0 spiro atoms. The first-order valence-electron chi connectivity index (χ1n) is 5.61. The van der Waals surface area contributed by atoms with Crippen molar-refractivity contribution in [1.82, 2.24) is 0 Å². The van der Waals surface area contributed by atoms with E-state index in [0.717, 1.165) is 11.1 Å². The fraction of sp³-hybridized carbons (Fsp3) is 0. The Morgan fingerprint density at radius 2 is 1.58 bits per heavy atom. The number of rotatable bonds is 2. The molecule has 2 nitrogen and oxygen atoms in total. The van der Waals surface area contributed by atoms with Gasteiger partial charge in [-0.15, -0.1) is 0 Å². The molecule has 0 N–H and O–H groups in total. The second-order valence-corrected chi connectivity index (χ2v) is 3.91. The van der Waals surface area contributed by atoms with Crippen LogP contribution in [0.5, 0.6) is 0 Å². The molecule has 2 aromatic carbocycles. The Labute approximate surface area is 110 Å². The predicted molar refractivity (Wildman–Crippen MR) is 71.0 cm³/mol. The van der Waals surface area contributed by atoms with Gasteiger partial charge >= 0.3 is 0 Å². The highest BCUT2D eigenvalue weighted by atomic mass is 19.1. The molecule has 0 aromatic heterocycles. The molecule has 0 bridgehead atoms. The van der Waals surface area contributed by atoms with E-state index in [9.17, 15) is 4.39 Å². The topological polar surface area (TPSA) is 47.6 Å². The van der Waals surface area contributed by atoms with Crippen LogP contribution < -0.4 is 0 Å². The molecule has 2 aromatic rings. The molecule has 0 amide bonds. The Bertz CT molecular complexity index is 684. The molecule has 0 fully saturated rings. The van der Waals surface area contributed by atoms with Gasteiger partial charge < -0.3 is 0 Å². The van der Waals surface area contributed by atoms with Crippen molar-refractivity contribution in [2.24, 2.45) is 0 Å². The molecule has 0 unspecified atom stereocenters. The molecule has 0 atom stereocenters. The lowest BCUT2D eigenvalue weighted by Gasteiger charge is -2.00. The van der Waals surface area contributed by atoms with Crippen molar-refractivity contribution in [3.8, 4) is 12.1 Å². The zero-order valence-corrected chi connectivity index (χ0v) is 9.97. The number of nitriles is 2. The molecule has 19 heavy (non-hydrogen) atoms. The summed E-state index contributed by atoms with van der Waals surface area (Å²) >= 11 is 0. The lowest BCUT2D eigenvalue weighted by molar-refractivity contribution is 0.628. The fourth-order valence-corrected chi connectivity index (χ4v) is 1.63. The Morgan fingerprint density at radius 3 is 2.11 bits per heavy atom. The van der Waals surface area contributed by atoms with Crippen LogP contribution in [0.3, 0.4) is 0 Å². The average Bonchev–Trinajstić information content (AvgIpc) is 2.47. The van der Waals surface area contributed by atoms with Crippen molar-refractivity contribution < 1.29 is 4.39 Å². The minimum absolute atomic E-state index is 0.311. The van der Waals surface area contributed by atoms with E-state index >= 15 is 0 Å². The third kappa shape index (κ3) is 3.06. The van der Waals surface area contributed by atoms with Crippen LogP contribution in [0.25, 0.3) is 11.6 Å². The van der Waals surface area contributed by atoms with E-state index in [1.54, 1.807) is 42.5 Å². The van der Waals surface area contributed by atoms with Crippen LogP contribution in [0.4, 0.5) is 4.39 Å². The summed E-state index contributed by atoms with van der Waals surface area (Å²) in [5.41, 5.74) is 2.49. The van der Waals surface area contributed by atoms with E-state index < -0.39 is 0 Å². The van der Waals surface area contributed by atoms with Crippen molar-refractivity contribution in [2.45, 2.75) is 0 Å². The Hall–Kier alpha value is -2.91. The molecule has 0 heterocycles. The van der Waals surface area contributed by atoms with Gasteiger partial charge in [-0.25, -0.2) is 4.39 Å². The van der Waals surface area contributed by atoms with Gasteiger partial charge in [0.05, 0.1) is 23.3 Å². The normalized spacial score (nSPS) is 10.6. The number of halogens is 1. The number of hydrogen-bond donors (Lipinski definition) is 0. The van der Waals surface area contributed by atoms with E-state index in [-0.39, 0.29) is 5.82 Å². The third-order valence-electron chi connectivity index (χ3n) is 2.63. The van der Waals surface area contributed by atoms with Crippen LogP contribution in [0, 0.1) is 28.5 Å². The zero-order valence-electron chi connectivity index (χ0n) is 9.97. The summed E-state index contributed by atoms with van der Waals surface area (Å²) in [5.74, 6) is -0.311. The zero-order chi connectivity index (χ0) is 13.7. The van der Waals surface area contributed by atoms with Crippen molar-refractivity contribution in [3.05, 3.63) is 71.0 Å². The van der Waals surface area contributed by atoms with Gasteiger partial charge in [-0.2, -0.15) is 10.5 Å². The highest BCUT2D eigenvalue weighted by Gasteiger charge is 2.01. The van der Waals surface area contributed by atoms with E-state index in [0.29, 0.717) is 11.1 Å². The Kier molecular flexibility index (Phi) is 3.71. The maximum atomic E-state index is 12.8. The molecule has 2 rings (SSSR count). The third-order valence-corrected chi connectivity index (χ3v) is 2.63. The van der Waals surface area contributed by atoms with Gasteiger partial charge in [-0.1, -0.05) is 24.3 Å². The van der Waals surface area contributed by atoms with Gasteiger partial charge in [-0.05, 0) is 41.5 Å². The summed E-state index contributed by atoms with van der Waals surface area (Å²) in [4.78, 5) is 0. The van der Waals surface area contributed by atoms with Crippen molar-refractivity contribution >= 4 is 11.6 Å². The first kappa shape index (κ1) is 12.5. The first-order chi connectivity index (χ1) is 9.22. The molecule has 0 aliphatic rings. The van der Waals surface area contributed by atoms with E-state index in [4.69, 9.17) is 10.5 Å². The quantitative estimate of drug-likeness (QED) is 0.600. The maximum Gasteiger partial charge on any atom is 0.123 e. The summed E-state index contributed by atoms with van der Waals surface area (Å²) < 4.78 is 12.8. The number of benzene rings is 2. The minimum atomic E-state index is -0.311.